The van der Waals surface area contributed by atoms with E-state index in [4.69, 9.17) is 5.73 Å². The summed E-state index contributed by atoms with van der Waals surface area (Å²) in [5, 5.41) is 5.61. The Morgan fingerprint density at radius 3 is 3.11 bits per heavy atom. The van der Waals surface area contributed by atoms with E-state index >= 15 is 0 Å². The Hall–Kier alpha value is -1.79. The minimum Gasteiger partial charge on any atom is -0.356 e. The molecule has 19 heavy (non-hydrogen) atoms. The third kappa shape index (κ3) is 4.11. The first-order chi connectivity index (χ1) is 9.29. The average molecular weight is 276 g/mol. The van der Waals surface area contributed by atoms with Gasteiger partial charge in [0.25, 0.3) is 0 Å². The van der Waals surface area contributed by atoms with Crippen LogP contribution in [0.1, 0.15) is 12.1 Å². The third-order valence-corrected chi connectivity index (χ3v) is 3.45. The number of hydrogen-bond acceptors (Lipinski definition) is 5. The minimum absolute atomic E-state index is 0.0171. The van der Waals surface area contributed by atoms with Gasteiger partial charge in [-0.3, -0.25) is 9.78 Å². The number of nitrogens with one attached hydrogen (secondary N) is 1. The number of aromatic nitrogens is 2. The molecule has 2 aromatic rings. The fourth-order valence-corrected chi connectivity index (χ4v) is 2.38. The van der Waals surface area contributed by atoms with E-state index in [0.29, 0.717) is 19.5 Å². The molecule has 3 N–H and O–H groups in total. The number of amides is 1. The lowest BCUT2D eigenvalue weighted by Gasteiger charge is -2.01. The monoisotopic (exact) mass is 276 g/mol. The van der Waals surface area contributed by atoms with Crippen LogP contribution in [0, 0.1) is 0 Å². The second-order valence-electron chi connectivity index (χ2n) is 4.05. The summed E-state index contributed by atoms with van der Waals surface area (Å²) in [5.41, 5.74) is 7.13. The predicted molar refractivity (Wildman–Crippen MR) is 75.7 cm³/mol. The summed E-state index contributed by atoms with van der Waals surface area (Å²) in [4.78, 5) is 20.1. The molecule has 0 fully saturated rings. The van der Waals surface area contributed by atoms with Gasteiger partial charge >= 0.3 is 0 Å². The number of pyridine rings is 1. The predicted octanol–water partition coefficient (Wildman–Crippen LogP) is 1.21. The van der Waals surface area contributed by atoms with E-state index in [9.17, 15) is 4.79 Å². The Morgan fingerprint density at radius 1 is 1.47 bits per heavy atom. The van der Waals surface area contributed by atoms with Gasteiger partial charge in [-0.1, -0.05) is 0 Å². The fraction of sp³-hybridized carbons (Fsp3) is 0.308. The van der Waals surface area contributed by atoms with Gasteiger partial charge in [-0.05, 0) is 25.1 Å². The third-order valence-electron chi connectivity index (χ3n) is 2.50. The maximum atomic E-state index is 11.6. The molecule has 0 spiro atoms. The van der Waals surface area contributed by atoms with E-state index < -0.39 is 0 Å². The largest absolute Gasteiger partial charge is 0.356 e. The highest BCUT2D eigenvalue weighted by Crippen LogP contribution is 2.22. The van der Waals surface area contributed by atoms with Gasteiger partial charge in [0.15, 0.2) is 0 Å². The lowest BCUT2D eigenvalue weighted by Crippen LogP contribution is -2.27. The molecule has 0 aliphatic carbocycles. The van der Waals surface area contributed by atoms with E-state index in [-0.39, 0.29) is 5.91 Å². The van der Waals surface area contributed by atoms with E-state index in [1.165, 1.54) is 11.3 Å². The molecule has 0 atom stereocenters. The molecule has 2 rings (SSSR count). The van der Waals surface area contributed by atoms with Crippen LogP contribution in [0.3, 0.4) is 0 Å². The quantitative estimate of drug-likeness (QED) is 0.777. The van der Waals surface area contributed by atoms with Crippen LogP contribution in [0.2, 0.25) is 0 Å². The molecule has 0 aromatic carbocycles. The summed E-state index contributed by atoms with van der Waals surface area (Å²) in [6.45, 7) is 1.21. The number of carbonyl (C=O) groups is 1. The molecule has 0 bridgehead atoms. The highest BCUT2D eigenvalue weighted by molar-refractivity contribution is 7.13. The molecule has 2 heterocycles. The van der Waals surface area contributed by atoms with Crippen LogP contribution < -0.4 is 11.1 Å². The van der Waals surface area contributed by atoms with Crippen molar-refractivity contribution in [1.82, 2.24) is 15.3 Å². The summed E-state index contributed by atoms with van der Waals surface area (Å²) in [6, 6.07) is 3.83. The van der Waals surface area contributed by atoms with Gasteiger partial charge in [0, 0.05) is 29.9 Å². The summed E-state index contributed by atoms with van der Waals surface area (Å²) >= 11 is 1.52. The lowest BCUT2D eigenvalue weighted by molar-refractivity contribution is -0.120. The fourth-order valence-electron chi connectivity index (χ4n) is 1.57. The van der Waals surface area contributed by atoms with Crippen LogP contribution in [-0.4, -0.2) is 29.0 Å². The molecule has 0 saturated carbocycles. The van der Waals surface area contributed by atoms with Gasteiger partial charge in [-0.15, -0.1) is 11.3 Å². The van der Waals surface area contributed by atoms with Gasteiger partial charge in [0.1, 0.15) is 5.01 Å². The molecule has 0 unspecified atom stereocenters. The number of nitrogens with zero attached hydrogens (tertiary/aromatic N) is 2. The van der Waals surface area contributed by atoms with Crippen molar-refractivity contribution >= 4 is 17.2 Å². The highest BCUT2D eigenvalue weighted by Gasteiger charge is 2.08. The maximum Gasteiger partial charge on any atom is 0.226 e. The maximum absolute atomic E-state index is 11.6. The Morgan fingerprint density at radius 2 is 2.37 bits per heavy atom. The van der Waals surface area contributed by atoms with Crippen molar-refractivity contribution < 1.29 is 4.79 Å². The van der Waals surface area contributed by atoms with E-state index in [2.05, 4.69) is 15.3 Å². The SMILES string of the molecule is NCCCNC(=O)Cc1csc(-c2cccnc2)n1. The molecule has 6 heteroatoms. The molecule has 5 nitrogen and oxygen atoms in total. The Kier molecular flexibility index (Phi) is 5.00. The standard InChI is InChI=1S/C13H16N4OS/c14-4-2-6-16-12(18)7-11-9-19-13(17-11)10-3-1-5-15-8-10/h1,3,5,8-9H,2,4,6-7,14H2,(H,16,18). The first-order valence-corrected chi connectivity index (χ1v) is 6.99. The molecule has 2 aromatic heterocycles. The summed E-state index contributed by atoms with van der Waals surface area (Å²) in [6.07, 6.45) is 4.60. The van der Waals surface area contributed by atoms with Crippen molar-refractivity contribution in [3.05, 3.63) is 35.6 Å². The summed E-state index contributed by atoms with van der Waals surface area (Å²) in [5.74, 6) is -0.0171. The van der Waals surface area contributed by atoms with Gasteiger partial charge in [0.2, 0.25) is 5.91 Å². The van der Waals surface area contributed by atoms with E-state index in [0.717, 1.165) is 22.7 Å². The summed E-state index contributed by atoms with van der Waals surface area (Å²) in [7, 11) is 0. The van der Waals surface area contributed by atoms with Crippen LogP contribution >= 0.6 is 11.3 Å². The lowest BCUT2D eigenvalue weighted by atomic mass is 10.3. The van der Waals surface area contributed by atoms with Crippen molar-refractivity contribution in [2.45, 2.75) is 12.8 Å². The second-order valence-corrected chi connectivity index (χ2v) is 4.91. The van der Waals surface area contributed by atoms with Crippen LogP contribution in [0.5, 0.6) is 0 Å². The smallest absolute Gasteiger partial charge is 0.226 e. The van der Waals surface area contributed by atoms with Crippen LogP contribution in [0.15, 0.2) is 29.9 Å². The van der Waals surface area contributed by atoms with Gasteiger partial charge in [0.05, 0.1) is 12.1 Å². The normalized spacial score (nSPS) is 10.4. The van der Waals surface area contributed by atoms with Crippen molar-refractivity contribution in [3.63, 3.8) is 0 Å². The van der Waals surface area contributed by atoms with Crippen LogP contribution in [0.25, 0.3) is 10.6 Å². The highest BCUT2D eigenvalue weighted by atomic mass is 32.1. The van der Waals surface area contributed by atoms with Crippen molar-refractivity contribution in [2.24, 2.45) is 5.73 Å². The van der Waals surface area contributed by atoms with E-state index in [1.807, 2.05) is 17.5 Å². The topological polar surface area (TPSA) is 80.9 Å². The molecule has 100 valence electrons. The number of nitrogens with two attached hydrogens (primary N) is 1. The number of hydrogen-bond donors (Lipinski definition) is 2. The Labute approximate surface area is 115 Å². The molecule has 0 aliphatic heterocycles. The zero-order chi connectivity index (χ0) is 13.5. The Bertz CT molecular complexity index is 526. The van der Waals surface area contributed by atoms with Gasteiger partial charge in [-0.2, -0.15) is 0 Å². The zero-order valence-corrected chi connectivity index (χ0v) is 11.3. The molecule has 0 aliphatic rings. The number of thiazole rings is 1. The molecular formula is C13H16N4OS. The number of rotatable bonds is 6. The average Bonchev–Trinajstić information content (AvgIpc) is 2.88. The van der Waals surface area contributed by atoms with Crippen LogP contribution in [-0.2, 0) is 11.2 Å². The zero-order valence-electron chi connectivity index (χ0n) is 10.5. The molecule has 0 saturated heterocycles. The van der Waals surface area contributed by atoms with Crippen molar-refractivity contribution in [1.29, 1.82) is 0 Å². The first kappa shape index (κ1) is 13.6. The van der Waals surface area contributed by atoms with Gasteiger partial charge < -0.3 is 11.1 Å². The minimum atomic E-state index is -0.0171. The second kappa shape index (κ2) is 6.96. The summed E-state index contributed by atoms with van der Waals surface area (Å²) < 4.78 is 0. The first-order valence-electron chi connectivity index (χ1n) is 6.11. The molecule has 0 radical (unpaired) electrons. The van der Waals surface area contributed by atoms with E-state index in [1.54, 1.807) is 12.4 Å². The van der Waals surface area contributed by atoms with Crippen molar-refractivity contribution in [3.8, 4) is 10.6 Å². The number of carbonyl (C=O) groups excluding carboxylic acids is 1. The molecule has 1 amide bonds. The molecular weight excluding hydrogens is 260 g/mol. The Balaban J connectivity index is 1.93. The van der Waals surface area contributed by atoms with Crippen molar-refractivity contribution in [2.75, 3.05) is 13.1 Å². The van der Waals surface area contributed by atoms with Gasteiger partial charge in [-0.25, -0.2) is 4.98 Å². The van der Waals surface area contributed by atoms with Crippen LogP contribution in [0.4, 0.5) is 0 Å².